The van der Waals surface area contributed by atoms with Gasteiger partial charge in [0.25, 0.3) is 5.91 Å². The van der Waals surface area contributed by atoms with Gasteiger partial charge in [0.15, 0.2) is 5.69 Å². The summed E-state index contributed by atoms with van der Waals surface area (Å²) >= 11 is 0. The molecule has 1 amide bonds. The van der Waals surface area contributed by atoms with Crippen LogP contribution in [0.25, 0.3) is 0 Å². The lowest BCUT2D eigenvalue weighted by atomic mass is 9.78. The summed E-state index contributed by atoms with van der Waals surface area (Å²) in [5, 5.41) is 12.4. The predicted molar refractivity (Wildman–Crippen MR) is 174 cm³/mol. The van der Waals surface area contributed by atoms with Crippen LogP contribution in [0, 0.1) is 17.2 Å². The Kier molecular flexibility index (Phi) is 12.2. The van der Waals surface area contributed by atoms with Crippen LogP contribution in [0.4, 0.5) is 0 Å². The molecule has 2 bridgehead atoms. The van der Waals surface area contributed by atoms with E-state index in [1.54, 1.807) is 25.0 Å². The Morgan fingerprint density at radius 1 is 1.20 bits per heavy atom. The van der Waals surface area contributed by atoms with Gasteiger partial charge in [-0.05, 0) is 75.3 Å². The van der Waals surface area contributed by atoms with Crippen LogP contribution in [-0.2, 0) is 25.7 Å². The van der Waals surface area contributed by atoms with Gasteiger partial charge in [-0.25, -0.2) is 4.98 Å². The van der Waals surface area contributed by atoms with Crippen LogP contribution in [-0.4, -0.2) is 75.3 Å². The van der Waals surface area contributed by atoms with Crippen molar-refractivity contribution >= 4 is 14.0 Å². The molecule has 0 spiro atoms. The Morgan fingerprint density at radius 2 is 1.93 bits per heavy atom. The first-order valence-electron chi connectivity index (χ1n) is 16.2. The molecular weight excluding hydrogens is 572 g/mol. The molecule has 3 aliphatic rings. The van der Waals surface area contributed by atoms with Crippen molar-refractivity contribution in [2.24, 2.45) is 5.92 Å². The highest BCUT2D eigenvalue weighted by atomic mass is 28.3. The minimum absolute atomic E-state index is 0.187. The Bertz CT molecular complexity index is 1240. The summed E-state index contributed by atoms with van der Waals surface area (Å²) < 4.78 is 25.4. The summed E-state index contributed by atoms with van der Waals surface area (Å²) in [6, 6.07) is 3.06. The summed E-state index contributed by atoms with van der Waals surface area (Å²) in [5.74, 6) is 0.162. The van der Waals surface area contributed by atoms with Crippen LogP contribution in [0.3, 0.4) is 0 Å². The average Bonchev–Trinajstić information content (AvgIpc) is 3.52. The Balaban J connectivity index is 1.45. The van der Waals surface area contributed by atoms with E-state index >= 15 is 0 Å². The third-order valence-electron chi connectivity index (χ3n) is 8.99. The van der Waals surface area contributed by atoms with Crippen LogP contribution in [0.5, 0.6) is 0 Å². The fraction of sp³-hybridized carbons (Fsp3) is 0.676. The van der Waals surface area contributed by atoms with E-state index in [0.717, 1.165) is 51.0 Å². The number of amides is 1. The first kappa shape index (κ1) is 34.3. The minimum Gasteiger partial charge on any atom is -0.382 e. The molecule has 242 valence electrons. The van der Waals surface area contributed by atoms with Gasteiger partial charge in [0.1, 0.15) is 12.8 Å². The van der Waals surface area contributed by atoms with Crippen molar-refractivity contribution in [2.45, 2.75) is 101 Å². The SMILES string of the molecule is COC[C@@]12CC[C@@](COC)(CC(C(/C=C\CNC(=O)c3nc(C#N)cn3COCC[Si](C)(C)C)=C/CC3=CCCCC3)C1)O2. The molecule has 0 aromatic carbocycles. The van der Waals surface area contributed by atoms with Crippen molar-refractivity contribution in [3.63, 3.8) is 0 Å². The topological polar surface area (TPSA) is 108 Å². The van der Waals surface area contributed by atoms with Crippen LogP contribution in [0.2, 0.25) is 25.7 Å². The number of nitrogens with one attached hydrogen (secondary N) is 1. The summed E-state index contributed by atoms with van der Waals surface area (Å²) in [7, 11) is 2.26. The number of imidazole rings is 1. The fourth-order valence-electron chi connectivity index (χ4n) is 6.78. The minimum atomic E-state index is -1.23. The maximum absolute atomic E-state index is 13.1. The van der Waals surface area contributed by atoms with Gasteiger partial charge >= 0.3 is 0 Å². The summed E-state index contributed by atoms with van der Waals surface area (Å²) in [4.78, 5) is 17.4. The molecule has 1 N–H and O–H groups in total. The number of methoxy groups -OCH3 is 2. The molecule has 9 nitrogen and oxygen atoms in total. The number of hydrogen-bond acceptors (Lipinski definition) is 7. The van der Waals surface area contributed by atoms with Crippen molar-refractivity contribution in [1.82, 2.24) is 14.9 Å². The number of carbonyl (C=O) groups is 1. The zero-order valence-electron chi connectivity index (χ0n) is 27.5. The van der Waals surface area contributed by atoms with Crippen molar-refractivity contribution < 1.29 is 23.7 Å². The highest BCUT2D eigenvalue weighted by Crippen LogP contribution is 2.52. The Hall–Kier alpha value is -2.55. The highest BCUT2D eigenvalue weighted by molar-refractivity contribution is 6.76. The number of carbonyl (C=O) groups excluding carboxylic acids is 1. The lowest BCUT2D eigenvalue weighted by Gasteiger charge is -2.44. The number of nitrogens with zero attached hydrogens (tertiary/aromatic N) is 3. The molecule has 0 radical (unpaired) electrons. The normalized spacial score (nSPS) is 25.7. The monoisotopic (exact) mass is 624 g/mol. The lowest BCUT2D eigenvalue weighted by molar-refractivity contribution is -0.188. The third-order valence-corrected chi connectivity index (χ3v) is 10.7. The van der Waals surface area contributed by atoms with Gasteiger partial charge in [0.2, 0.25) is 5.82 Å². The molecule has 2 fully saturated rings. The van der Waals surface area contributed by atoms with E-state index in [1.165, 1.54) is 24.0 Å². The number of allylic oxidation sites excluding steroid dienone is 5. The van der Waals surface area contributed by atoms with Gasteiger partial charge in [-0.3, -0.25) is 4.79 Å². The number of hydrogen-bond donors (Lipinski definition) is 1. The Labute approximate surface area is 264 Å². The van der Waals surface area contributed by atoms with Crippen LogP contribution in [0.1, 0.15) is 74.1 Å². The highest BCUT2D eigenvalue weighted by Gasteiger charge is 2.55. The van der Waals surface area contributed by atoms with Gasteiger partial charge in [0.05, 0.1) is 24.4 Å². The molecule has 3 atom stereocenters. The first-order chi connectivity index (χ1) is 21.1. The fourth-order valence-corrected chi connectivity index (χ4v) is 7.54. The van der Waals surface area contributed by atoms with Crippen molar-refractivity contribution in [3.8, 4) is 6.07 Å². The summed E-state index contributed by atoms with van der Waals surface area (Å²) in [5.41, 5.74) is 2.39. The molecule has 10 heteroatoms. The van der Waals surface area contributed by atoms with E-state index in [0.29, 0.717) is 32.3 Å². The quantitative estimate of drug-likeness (QED) is 0.102. The molecule has 3 heterocycles. The van der Waals surface area contributed by atoms with E-state index in [4.69, 9.17) is 18.9 Å². The van der Waals surface area contributed by atoms with E-state index in [9.17, 15) is 10.1 Å². The van der Waals surface area contributed by atoms with E-state index in [1.807, 2.05) is 12.1 Å². The molecule has 1 aromatic rings. The molecular formula is C34H52N4O5Si. The van der Waals surface area contributed by atoms with Gasteiger partial charge in [0, 0.05) is 41.6 Å². The third kappa shape index (κ3) is 9.48. The van der Waals surface area contributed by atoms with Crippen molar-refractivity contribution in [2.75, 3.05) is 40.6 Å². The van der Waals surface area contributed by atoms with E-state index < -0.39 is 8.07 Å². The van der Waals surface area contributed by atoms with E-state index in [-0.39, 0.29) is 35.4 Å². The molecule has 1 unspecified atom stereocenters. The van der Waals surface area contributed by atoms with Crippen LogP contribution < -0.4 is 5.32 Å². The largest absolute Gasteiger partial charge is 0.382 e. The molecule has 2 aliphatic heterocycles. The maximum atomic E-state index is 13.1. The number of rotatable bonds is 16. The number of ether oxygens (including phenoxy) is 4. The van der Waals surface area contributed by atoms with Gasteiger partial charge in [-0.2, -0.15) is 5.26 Å². The summed E-state index contributed by atoms with van der Waals surface area (Å²) in [6.45, 7) is 9.19. The molecule has 4 rings (SSSR count). The number of aromatic nitrogens is 2. The van der Waals surface area contributed by atoms with Crippen molar-refractivity contribution in [1.29, 1.82) is 5.26 Å². The first-order valence-corrected chi connectivity index (χ1v) is 19.9. The smallest absolute Gasteiger partial charge is 0.287 e. The second-order valence-corrected chi connectivity index (χ2v) is 19.6. The maximum Gasteiger partial charge on any atom is 0.287 e. The Morgan fingerprint density at radius 3 is 2.55 bits per heavy atom. The number of fused-ring (bicyclic) bond motifs is 2. The zero-order chi connectivity index (χ0) is 31.6. The van der Waals surface area contributed by atoms with Gasteiger partial charge in [-0.1, -0.05) is 49.5 Å². The van der Waals surface area contributed by atoms with E-state index in [2.05, 4.69) is 48.2 Å². The zero-order valence-corrected chi connectivity index (χ0v) is 28.5. The van der Waals surface area contributed by atoms with Crippen molar-refractivity contribution in [3.05, 3.63) is 53.2 Å². The second kappa shape index (κ2) is 15.6. The molecule has 1 aliphatic carbocycles. The van der Waals surface area contributed by atoms with Gasteiger partial charge < -0.3 is 28.8 Å². The number of nitriles is 1. The van der Waals surface area contributed by atoms with Gasteiger partial charge in [-0.15, -0.1) is 0 Å². The molecule has 0 saturated carbocycles. The van der Waals surface area contributed by atoms with Crippen LogP contribution >= 0.6 is 0 Å². The van der Waals surface area contributed by atoms with Crippen LogP contribution in [0.15, 0.2) is 41.6 Å². The standard InChI is InChI=1S/C34H52N4O5Si/c1-40-24-33-15-16-34(43-33,25-41-2)21-29(20-33)28(14-13-27-10-7-6-8-11-27)12-9-17-36-32(39)31-37-30(22-35)23-38(31)26-42-18-19-44(3,4)5/h9-10,12,14,23,29H,6-8,11,13,15-21,24-26H2,1-5H3,(H,36,39)/b12-9-,28-14+/t29?,33-,34+. The average molecular weight is 625 g/mol. The molecule has 2 saturated heterocycles. The predicted octanol–water partition coefficient (Wildman–Crippen LogP) is 6.16. The molecule has 1 aromatic heterocycles. The summed E-state index contributed by atoms with van der Waals surface area (Å²) in [6.07, 6.45) is 20.1. The molecule has 44 heavy (non-hydrogen) atoms. The lowest BCUT2D eigenvalue weighted by Crippen LogP contribution is -2.48. The second-order valence-electron chi connectivity index (χ2n) is 13.9.